The SMILES string of the molecule is CCOCCOc1ccc(NC(=O)c2ccco2)cc1. The van der Waals surface area contributed by atoms with Crippen molar-refractivity contribution in [2.45, 2.75) is 6.92 Å². The number of amides is 1. The third-order valence-electron chi connectivity index (χ3n) is 2.56. The first-order valence-electron chi connectivity index (χ1n) is 6.45. The van der Waals surface area contributed by atoms with Gasteiger partial charge in [0, 0.05) is 12.3 Å². The van der Waals surface area contributed by atoms with E-state index in [2.05, 4.69) is 5.32 Å². The molecule has 1 heterocycles. The monoisotopic (exact) mass is 275 g/mol. The van der Waals surface area contributed by atoms with E-state index < -0.39 is 0 Å². The van der Waals surface area contributed by atoms with E-state index in [0.29, 0.717) is 25.5 Å². The Labute approximate surface area is 117 Å². The number of hydrogen-bond donors (Lipinski definition) is 1. The van der Waals surface area contributed by atoms with Gasteiger partial charge in [-0.1, -0.05) is 0 Å². The van der Waals surface area contributed by atoms with E-state index in [0.717, 1.165) is 5.75 Å². The molecule has 0 saturated carbocycles. The van der Waals surface area contributed by atoms with Crippen molar-refractivity contribution >= 4 is 11.6 Å². The smallest absolute Gasteiger partial charge is 0.291 e. The zero-order valence-corrected chi connectivity index (χ0v) is 11.3. The highest BCUT2D eigenvalue weighted by atomic mass is 16.5. The molecule has 106 valence electrons. The van der Waals surface area contributed by atoms with E-state index in [1.54, 1.807) is 36.4 Å². The number of nitrogens with one attached hydrogen (secondary N) is 1. The second-order valence-corrected chi connectivity index (χ2v) is 4.00. The molecule has 0 aliphatic rings. The molecule has 1 aromatic carbocycles. The maximum atomic E-state index is 11.8. The van der Waals surface area contributed by atoms with Gasteiger partial charge >= 0.3 is 0 Å². The minimum Gasteiger partial charge on any atom is -0.491 e. The highest BCUT2D eigenvalue weighted by Crippen LogP contribution is 2.16. The fourth-order valence-corrected chi connectivity index (χ4v) is 1.60. The van der Waals surface area contributed by atoms with Crippen LogP contribution in [0.25, 0.3) is 0 Å². The van der Waals surface area contributed by atoms with Crippen molar-refractivity contribution in [3.05, 3.63) is 48.4 Å². The third kappa shape index (κ3) is 4.13. The summed E-state index contributed by atoms with van der Waals surface area (Å²) in [6.07, 6.45) is 1.46. The number of anilines is 1. The summed E-state index contributed by atoms with van der Waals surface area (Å²) in [6.45, 7) is 3.69. The van der Waals surface area contributed by atoms with Gasteiger partial charge in [0.1, 0.15) is 12.4 Å². The zero-order chi connectivity index (χ0) is 14.2. The number of carbonyl (C=O) groups excluding carboxylic acids is 1. The fourth-order valence-electron chi connectivity index (χ4n) is 1.60. The fraction of sp³-hybridized carbons (Fsp3) is 0.267. The van der Waals surface area contributed by atoms with Crippen molar-refractivity contribution in [3.63, 3.8) is 0 Å². The van der Waals surface area contributed by atoms with Gasteiger partial charge in [-0.3, -0.25) is 4.79 Å². The van der Waals surface area contributed by atoms with Crippen LogP contribution in [0.4, 0.5) is 5.69 Å². The van der Waals surface area contributed by atoms with Gasteiger partial charge in [-0.05, 0) is 43.3 Å². The normalized spacial score (nSPS) is 10.2. The van der Waals surface area contributed by atoms with E-state index in [4.69, 9.17) is 13.9 Å². The summed E-state index contributed by atoms with van der Waals surface area (Å²) < 4.78 is 15.7. The lowest BCUT2D eigenvalue weighted by Crippen LogP contribution is -2.10. The molecule has 0 radical (unpaired) electrons. The van der Waals surface area contributed by atoms with Gasteiger partial charge < -0.3 is 19.2 Å². The molecule has 0 saturated heterocycles. The second kappa shape index (κ2) is 7.35. The Bertz CT molecular complexity index is 519. The van der Waals surface area contributed by atoms with Gasteiger partial charge in [0.15, 0.2) is 5.76 Å². The van der Waals surface area contributed by atoms with Crippen LogP contribution in [-0.2, 0) is 4.74 Å². The van der Waals surface area contributed by atoms with Crippen molar-refractivity contribution in [3.8, 4) is 5.75 Å². The molecule has 0 spiro atoms. The summed E-state index contributed by atoms with van der Waals surface area (Å²) in [5.74, 6) is 0.739. The molecule has 0 fully saturated rings. The van der Waals surface area contributed by atoms with E-state index >= 15 is 0 Å². The molecular weight excluding hydrogens is 258 g/mol. The third-order valence-corrected chi connectivity index (χ3v) is 2.56. The summed E-state index contributed by atoms with van der Waals surface area (Å²) in [7, 11) is 0. The van der Waals surface area contributed by atoms with Crippen molar-refractivity contribution in [1.29, 1.82) is 0 Å². The highest BCUT2D eigenvalue weighted by Gasteiger charge is 2.08. The second-order valence-electron chi connectivity index (χ2n) is 4.00. The maximum Gasteiger partial charge on any atom is 0.291 e. The Hall–Kier alpha value is -2.27. The Morgan fingerprint density at radius 2 is 2.00 bits per heavy atom. The van der Waals surface area contributed by atoms with Gasteiger partial charge in [-0.25, -0.2) is 0 Å². The predicted octanol–water partition coefficient (Wildman–Crippen LogP) is 2.95. The summed E-state index contributed by atoms with van der Waals surface area (Å²) >= 11 is 0. The Morgan fingerprint density at radius 3 is 2.65 bits per heavy atom. The van der Waals surface area contributed by atoms with Crippen LogP contribution in [0.5, 0.6) is 5.75 Å². The molecule has 20 heavy (non-hydrogen) atoms. The summed E-state index contributed by atoms with van der Waals surface area (Å²) in [5, 5.41) is 2.73. The first-order chi connectivity index (χ1) is 9.79. The topological polar surface area (TPSA) is 60.7 Å². The van der Waals surface area contributed by atoms with E-state index in [1.165, 1.54) is 6.26 Å². The van der Waals surface area contributed by atoms with Gasteiger partial charge in [-0.2, -0.15) is 0 Å². The van der Waals surface area contributed by atoms with Crippen molar-refractivity contribution in [2.75, 3.05) is 25.1 Å². The van der Waals surface area contributed by atoms with Crippen LogP contribution in [0.3, 0.4) is 0 Å². The molecule has 5 nitrogen and oxygen atoms in total. The summed E-state index contributed by atoms with van der Waals surface area (Å²) in [5.41, 5.74) is 0.684. The molecule has 0 atom stereocenters. The number of furan rings is 1. The minimum absolute atomic E-state index is 0.278. The number of carbonyl (C=O) groups is 1. The van der Waals surface area contributed by atoms with E-state index in [-0.39, 0.29) is 11.7 Å². The average molecular weight is 275 g/mol. The lowest BCUT2D eigenvalue weighted by atomic mass is 10.3. The van der Waals surface area contributed by atoms with Crippen molar-refractivity contribution in [2.24, 2.45) is 0 Å². The van der Waals surface area contributed by atoms with E-state index in [1.807, 2.05) is 6.92 Å². The van der Waals surface area contributed by atoms with Crippen LogP contribution in [0, 0.1) is 0 Å². The highest BCUT2D eigenvalue weighted by molar-refractivity contribution is 6.02. The molecule has 0 aliphatic heterocycles. The molecule has 0 aliphatic carbocycles. The lowest BCUT2D eigenvalue weighted by molar-refractivity contribution is 0.0996. The lowest BCUT2D eigenvalue weighted by Gasteiger charge is -2.07. The average Bonchev–Trinajstić information content (AvgIpc) is 3.00. The van der Waals surface area contributed by atoms with Gasteiger partial charge in [0.2, 0.25) is 0 Å². The van der Waals surface area contributed by atoms with Crippen LogP contribution in [0.2, 0.25) is 0 Å². The van der Waals surface area contributed by atoms with Gasteiger partial charge in [0.25, 0.3) is 5.91 Å². The Morgan fingerprint density at radius 1 is 1.20 bits per heavy atom. The van der Waals surface area contributed by atoms with Gasteiger partial charge in [0.05, 0.1) is 12.9 Å². The molecule has 1 amide bonds. The van der Waals surface area contributed by atoms with Gasteiger partial charge in [-0.15, -0.1) is 0 Å². The Balaban J connectivity index is 1.83. The minimum atomic E-state index is -0.278. The first-order valence-corrected chi connectivity index (χ1v) is 6.45. The molecule has 1 N–H and O–H groups in total. The summed E-state index contributed by atoms with van der Waals surface area (Å²) in [6, 6.07) is 10.4. The molecule has 2 rings (SSSR count). The maximum absolute atomic E-state index is 11.8. The molecule has 0 bridgehead atoms. The number of hydrogen-bond acceptors (Lipinski definition) is 4. The zero-order valence-electron chi connectivity index (χ0n) is 11.3. The molecule has 1 aromatic heterocycles. The standard InChI is InChI=1S/C15H17NO4/c1-2-18-10-11-19-13-7-5-12(6-8-13)16-15(17)14-4-3-9-20-14/h3-9H,2,10-11H2,1H3,(H,16,17). The van der Waals surface area contributed by atoms with Crippen LogP contribution in [0.1, 0.15) is 17.5 Å². The first kappa shape index (κ1) is 14.1. The quantitative estimate of drug-likeness (QED) is 0.789. The van der Waals surface area contributed by atoms with Crippen LogP contribution < -0.4 is 10.1 Å². The number of benzene rings is 1. The molecule has 2 aromatic rings. The molecular formula is C15H17NO4. The number of rotatable bonds is 7. The molecule has 5 heteroatoms. The number of ether oxygens (including phenoxy) is 2. The molecule has 0 unspecified atom stereocenters. The summed E-state index contributed by atoms with van der Waals surface area (Å²) in [4.78, 5) is 11.8. The van der Waals surface area contributed by atoms with E-state index in [9.17, 15) is 4.79 Å². The predicted molar refractivity (Wildman–Crippen MR) is 75.1 cm³/mol. The van der Waals surface area contributed by atoms with Crippen LogP contribution in [0.15, 0.2) is 47.1 Å². The van der Waals surface area contributed by atoms with Crippen molar-refractivity contribution < 1.29 is 18.7 Å². The largest absolute Gasteiger partial charge is 0.491 e. The van der Waals surface area contributed by atoms with Crippen molar-refractivity contribution in [1.82, 2.24) is 0 Å². The van der Waals surface area contributed by atoms with Crippen LogP contribution >= 0.6 is 0 Å². The Kier molecular flexibility index (Phi) is 5.20. The van der Waals surface area contributed by atoms with Crippen LogP contribution in [-0.4, -0.2) is 25.7 Å².